The molecule has 4 rings (SSSR count). The molecule has 4 aromatic carbocycles. The van der Waals surface area contributed by atoms with E-state index in [0.717, 1.165) is 72.8 Å². The van der Waals surface area contributed by atoms with Crippen LogP contribution in [0.4, 0.5) is 22.7 Å². The summed E-state index contributed by atoms with van der Waals surface area (Å²) in [4.78, 5) is 11.6. The Hall–Kier alpha value is -4.70. The van der Waals surface area contributed by atoms with Crippen molar-refractivity contribution in [2.24, 2.45) is 20.5 Å². The molecule has 0 aliphatic rings. The van der Waals surface area contributed by atoms with Gasteiger partial charge in [-0.15, -0.1) is 0 Å². The van der Waals surface area contributed by atoms with Crippen LogP contribution in [0.3, 0.4) is 0 Å². The Bertz CT molecular complexity index is 1680. The van der Waals surface area contributed by atoms with Gasteiger partial charge in [0.2, 0.25) is 0 Å². The molecule has 0 aliphatic heterocycles. The van der Waals surface area contributed by atoms with Crippen LogP contribution in [0.15, 0.2) is 118 Å². The minimum Gasteiger partial charge on any atom is -0.494 e. The molecular formula is C44H57N4O7P. The summed E-state index contributed by atoms with van der Waals surface area (Å²) >= 11 is 0. The number of benzene rings is 4. The van der Waals surface area contributed by atoms with Crippen LogP contribution in [0, 0.1) is 0 Å². The molecule has 0 N–H and O–H groups in total. The summed E-state index contributed by atoms with van der Waals surface area (Å²) in [5.74, 6) is 0.767. The number of hydrogen-bond donors (Lipinski definition) is 0. The number of phosphoric acid groups is 1. The van der Waals surface area contributed by atoms with E-state index in [9.17, 15) is 9.36 Å². The summed E-state index contributed by atoms with van der Waals surface area (Å²) in [6.45, 7) is 6.85. The molecule has 56 heavy (non-hydrogen) atoms. The summed E-state index contributed by atoms with van der Waals surface area (Å²) in [5, 5.41) is 17.3. The van der Waals surface area contributed by atoms with E-state index >= 15 is 0 Å². The number of phosphoric ester groups is 1. The minimum atomic E-state index is -4.00. The van der Waals surface area contributed by atoms with Crippen LogP contribution in [-0.4, -0.2) is 32.4 Å². The van der Waals surface area contributed by atoms with Crippen LogP contribution in [0.25, 0.3) is 0 Å². The third kappa shape index (κ3) is 17.8. The van der Waals surface area contributed by atoms with Crippen LogP contribution >= 0.6 is 7.82 Å². The summed E-state index contributed by atoms with van der Waals surface area (Å²) in [5.41, 5.74) is 5.76. The Morgan fingerprint density at radius 2 is 0.821 bits per heavy atom. The zero-order valence-electron chi connectivity index (χ0n) is 33.1. The van der Waals surface area contributed by atoms with Crippen LogP contribution in [-0.2, 0) is 35.8 Å². The number of hydrogen-bond acceptors (Lipinski definition) is 11. The van der Waals surface area contributed by atoms with Crippen molar-refractivity contribution in [3.05, 3.63) is 108 Å². The van der Waals surface area contributed by atoms with Crippen LogP contribution < -0.4 is 9.47 Å². The van der Waals surface area contributed by atoms with Gasteiger partial charge in [0.05, 0.1) is 49.2 Å². The van der Waals surface area contributed by atoms with E-state index in [1.807, 2.05) is 72.8 Å². The monoisotopic (exact) mass is 784 g/mol. The first-order valence-corrected chi connectivity index (χ1v) is 21.4. The van der Waals surface area contributed by atoms with Gasteiger partial charge in [0.1, 0.15) is 11.5 Å². The zero-order chi connectivity index (χ0) is 39.7. The molecule has 0 fully saturated rings. The third-order valence-corrected chi connectivity index (χ3v) is 10.1. The smallest absolute Gasteiger partial charge is 0.494 e. The Balaban J connectivity index is 1.04. The predicted octanol–water partition coefficient (Wildman–Crippen LogP) is 13.7. The van der Waals surface area contributed by atoms with Crippen molar-refractivity contribution in [3.8, 4) is 11.5 Å². The van der Waals surface area contributed by atoms with Crippen molar-refractivity contribution in [2.45, 2.75) is 97.8 Å². The summed E-state index contributed by atoms with van der Waals surface area (Å²) in [6, 6.07) is 31.3. The van der Waals surface area contributed by atoms with E-state index in [1.54, 1.807) is 0 Å². The van der Waals surface area contributed by atoms with Gasteiger partial charge in [-0.05, 0) is 148 Å². The van der Waals surface area contributed by atoms with Gasteiger partial charge in [0.15, 0.2) is 0 Å². The molecule has 0 atom stereocenters. The minimum absolute atomic E-state index is 0.131. The number of carbonyl (C=O) groups is 1. The fourth-order valence-electron chi connectivity index (χ4n) is 5.41. The Kier molecular flexibility index (Phi) is 20.0. The molecule has 0 saturated carbocycles. The van der Waals surface area contributed by atoms with Crippen LogP contribution in [0.1, 0.15) is 96.1 Å². The summed E-state index contributed by atoms with van der Waals surface area (Å²) in [7, 11) is -4.00. The van der Waals surface area contributed by atoms with Gasteiger partial charge in [-0.3, -0.25) is 13.8 Å². The first-order chi connectivity index (χ1) is 27.3. The number of aryl methyl sites for hydroxylation is 2. The first kappa shape index (κ1) is 44.0. The normalized spacial score (nSPS) is 12.6. The quantitative estimate of drug-likeness (QED) is 0.0334. The van der Waals surface area contributed by atoms with E-state index in [4.69, 9.17) is 23.0 Å². The fourth-order valence-corrected chi connectivity index (χ4v) is 6.61. The fraction of sp³-hybridized carbons (Fsp3) is 0.432. The van der Waals surface area contributed by atoms with Gasteiger partial charge >= 0.3 is 13.8 Å². The molecule has 0 heterocycles. The van der Waals surface area contributed by atoms with Crippen LogP contribution in [0.2, 0.25) is 0 Å². The molecule has 0 saturated heterocycles. The Morgan fingerprint density at radius 3 is 1.16 bits per heavy atom. The average Bonchev–Trinajstić information content (AvgIpc) is 3.21. The highest BCUT2D eigenvalue weighted by Gasteiger charge is 2.29. The van der Waals surface area contributed by atoms with Crippen LogP contribution in [0.5, 0.6) is 11.5 Å². The lowest BCUT2D eigenvalue weighted by atomic mass is 10.1. The highest BCUT2D eigenvalue weighted by atomic mass is 31.2. The first-order valence-electron chi connectivity index (χ1n) is 19.9. The molecular weight excluding hydrogens is 727 g/mol. The average molecular weight is 785 g/mol. The lowest BCUT2D eigenvalue weighted by molar-refractivity contribution is -0.133. The largest absolute Gasteiger partial charge is 0.532 e. The van der Waals surface area contributed by atoms with Gasteiger partial charge in [-0.2, -0.15) is 20.5 Å². The van der Waals surface area contributed by atoms with E-state index in [1.165, 1.54) is 43.7 Å². The zero-order valence-corrected chi connectivity index (χ0v) is 34.0. The molecule has 11 nitrogen and oxygen atoms in total. The number of carbonyl (C=O) groups excluding carboxylic acids is 1. The highest BCUT2D eigenvalue weighted by Crippen LogP contribution is 2.50. The molecule has 300 valence electrons. The van der Waals surface area contributed by atoms with Crippen molar-refractivity contribution < 1.29 is 32.4 Å². The number of ether oxygens (including phenoxy) is 2. The maximum atomic E-state index is 13.0. The van der Waals surface area contributed by atoms with E-state index in [0.29, 0.717) is 26.1 Å². The molecule has 0 amide bonds. The number of azo groups is 2. The SMILES string of the molecule is CCCCc1ccc(N=Nc2ccc(OCCCCCOP(=O)(OCCCCCOc3ccc(N=Nc4ccc(CCCC)cc4)cc3)OC(C)=O)cc2)cc1. The van der Waals surface area contributed by atoms with Gasteiger partial charge in [-0.25, -0.2) is 4.57 Å². The molecule has 0 unspecified atom stereocenters. The lowest BCUT2D eigenvalue weighted by Crippen LogP contribution is -2.07. The molecule has 0 aliphatic carbocycles. The van der Waals surface area contributed by atoms with E-state index in [2.05, 4.69) is 58.6 Å². The Labute approximate surface area is 332 Å². The van der Waals surface area contributed by atoms with Crippen molar-refractivity contribution in [3.63, 3.8) is 0 Å². The molecule has 0 spiro atoms. The number of unbranched alkanes of at least 4 members (excludes halogenated alkanes) is 6. The Morgan fingerprint density at radius 1 is 0.482 bits per heavy atom. The third-order valence-electron chi connectivity index (χ3n) is 8.60. The second-order valence-electron chi connectivity index (χ2n) is 13.4. The summed E-state index contributed by atoms with van der Waals surface area (Å²) < 4.78 is 40.5. The highest BCUT2D eigenvalue weighted by molar-refractivity contribution is 7.49. The standard InChI is InChI=1S/C44H57N4O7P/c1-4-6-14-37-16-20-39(21-17-37)45-47-41-24-28-43(29-25-41)51-32-10-8-12-34-53-56(50,55-36(3)49)54-35-13-9-11-33-52-44-30-26-42(27-31-44)48-46-40-22-18-38(19-23-40)15-7-5-2/h16-31H,4-15,32-35H2,1-3H3. The molecule has 12 heteroatoms. The predicted molar refractivity (Wildman–Crippen MR) is 221 cm³/mol. The van der Waals surface area contributed by atoms with Gasteiger partial charge < -0.3 is 14.0 Å². The molecule has 0 aromatic heterocycles. The second kappa shape index (κ2) is 25.5. The van der Waals surface area contributed by atoms with Crippen molar-refractivity contribution in [1.82, 2.24) is 0 Å². The maximum Gasteiger partial charge on any atom is 0.532 e. The topological polar surface area (TPSA) is 130 Å². The molecule has 0 bridgehead atoms. The number of nitrogens with zero attached hydrogens (tertiary/aromatic N) is 4. The maximum absolute atomic E-state index is 13.0. The second-order valence-corrected chi connectivity index (χ2v) is 15.0. The van der Waals surface area contributed by atoms with Crippen molar-refractivity contribution >= 4 is 36.5 Å². The van der Waals surface area contributed by atoms with E-state index < -0.39 is 13.8 Å². The van der Waals surface area contributed by atoms with Gasteiger partial charge in [-0.1, -0.05) is 51.0 Å². The molecule has 4 aromatic rings. The van der Waals surface area contributed by atoms with Crippen molar-refractivity contribution in [1.29, 1.82) is 0 Å². The lowest BCUT2D eigenvalue weighted by Gasteiger charge is -2.16. The summed E-state index contributed by atoms with van der Waals surface area (Å²) in [6.07, 6.45) is 11.2. The molecule has 0 radical (unpaired) electrons. The van der Waals surface area contributed by atoms with Gasteiger partial charge in [0, 0.05) is 6.92 Å². The van der Waals surface area contributed by atoms with E-state index in [-0.39, 0.29) is 13.2 Å². The van der Waals surface area contributed by atoms with Gasteiger partial charge in [0.25, 0.3) is 0 Å². The number of rotatable bonds is 27. The van der Waals surface area contributed by atoms with Crippen molar-refractivity contribution in [2.75, 3.05) is 26.4 Å².